The monoisotopic (exact) mass is 497 g/mol. The van der Waals surface area contributed by atoms with Crippen molar-refractivity contribution >= 4 is 22.0 Å². The molecule has 0 aliphatic heterocycles. The van der Waals surface area contributed by atoms with Crippen molar-refractivity contribution in [3.05, 3.63) is 97.6 Å². The molecule has 0 fully saturated rings. The average Bonchev–Trinajstić information content (AvgIpc) is 2.71. The molecule has 31 heavy (non-hydrogen) atoms. The van der Waals surface area contributed by atoms with Crippen LogP contribution in [-0.2, 0) is 11.3 Å². The summed E-state index contributed by atoms with van der Waals surface area (Å²) in [4.78, 5) is 12.8. The van der Waals surface area contributed by atoms with Crippen molar-refractivity contribution < 1.29 is 27.0 Å². The molecule has 0 amide bonds. The zero-order valence-corrected chi connectivity index (χ0v) is 18.0. The van der Waals surface area contributed by atoms with Crippen LogP contribution in [0.15, 0.2) is 51.9 Å². The van der Waals surface area contributed by atoms with E-state index in [0.717, 1.165) is 22.8 Å². The lowest BCUT2D eigenvalue weighted by atomic mass is 10.1. The van der Waals surface area contributed by atoms with Crippen LogP contribution in [0.25, 0.3) is 11.8 Å². The first-order valence-electron chi connectivity index (χ1n) is 8.90. The Bertz CT molecular complexity index is 1200. The summed E-state index contributed by atoms with van der Waals surface area (Å²) in [6.07, 6.45) is 2.63. The predicted octanol–water partition coefficient (Wildman–Crippen LogP) is 5.66. The van der Waals surface area contributed by atoms with Crippen LogP contribution in [0.5, 0.6) is 5.75 Å². The summed E-state index contributed by atoms with van der Waals surface area (Å²) in [5.74, 6) is -3.38. The third-order valence-electron chi connectivity index (χ3n) is 4.36. The lowest BCUT2D eigenvalue weighted by molar-refractivity contribution is 0.296. The van der Waals surface area contributed by atoms with Gasteiger partial charge in [0.2, 0.25) is 0 Å². The first-order valence-corrected chi connectivity index (χ1v) is 9.70. The van der Waals surface area contributed by atoms with E-state index in [-0.39, 0.29) is 33.6 Å². The Kier molecular flexibility index (Phi) is 6.84. The Labute approximate surface area is 183 Å². The van der Waals surface area contributed by atoms with Gasteiger partial charge in [-0.15, -0.1) is 0 Å². The molecule has 0 saturated carbocycles. The second-order valence-corrected chi connectivity index (χ2v) is 7.29. The summed E-state index contributed by atoms with van der Waals surface area (Å²) in [5, 5.41) is 0. The fourth-order valence-corrected chi connectivity index (χ4v) is 3.31. The highest BCUT2D eigenvalue weighted by atomic mass is 79.9. The number of halogens is 5. The van der Waals surface area contributed by atoms with Crippen LogP contribution >= 0.6 is 15.9 Å². The molecule has 0 aliphatic carbocycles. The van der Waals surface area contributed by atoms with Gasteiger partial charge in [0.05, 0.1) is 13.4 Å². The van der Waals surface area contributed by atoms with Crippen molar-refractivity contribution in [2.24, 2.45) is 0 Å². The number of hydrogen-bond acceptors (Lipinski definition) is 3. The van der Waals surface area contributed by atoms with Gasteiger partial charge in [-0.3, -0.25) is 9.36 Å². The molecule has 1 heterocycles. The van der Waals surface area contributed by atoms with Gasteiger partial charge >= 0.3 is 0 Å². The standard InChI is InChI=1S/C22H16BrF4NO3/c1-12-7-19(31-11-14-3-4-15(24)10-16(14)25)20(23)22(29)28(12)21-17(26)8-13(5-6-30-2)9-18(21)27/h3-10H,11H2,1-2H3/b6-5+. The SMILES string of the molecule is CO/C=C/c1cc(F)c(-n2c(C)cc(OCc3ccc(F)cc3F)c(Br)c2=O)c(F)c1. The van der Waals surface area contributed by atoms with E-state index in [4.69, 9.17) is 9.47 Å². The maximum Gasteiger partial charge on any atom is 0.273 e. The molecule has 0 aliphatic rings. The zero-order valence-electron chi connectivity index (χ0n) is 16.4. The molecule has 0 unspecified atom stereocenters. The van der Waals surface area contributed by atoms with Crippen molar-refractivity contribution in [1.29, 1.82) is 0 Å². The molecule has 4 nitrogen and oxygen atoms in total. The highest BCUT2D eigenvalue weighted by Crippen LogP contribution is 2.27. The minimum atomic E-state index is -0.949. The Morgan fingerprint density at radius 3 is 2.32 bits per heavy atom. The van der Waals surface area contributed by atoms with E-state index in [9.17, 15) is 22.4 Å². The Hall–Kier alpha value is -3.07. The number of aryl methyl sites for hydroxylation is 1. The van der Waals surface area contributed by atoms with Gasteiger partial charge in [-0.25, -0.2) is 17.6 Å². The Balaban J connectivity index is 1.99. The molecular formula is C22H16BrF4NO3. The van der Waals surface area contributed by atoms with Crippen molar-refractivity contribution in [3.63, 3.8) is 0 Å². The second kappa shape index (κ2) is 9.38. The van der Waals surface area contributed by atoms with Crippen LogP contribution in [0.3, 0.4) is 0 Å². The number of methoxy groups -OCH3 is 1. The number of hydrogen-bond donors (Lipinski definition) is 0. The summed E-state index contributed by atoms with van der Waals surface area (Å²) in [5.41, 5.74) is -0.846. The highest BCUT2D eigenvalue weighted by molar-refractivity contribution is 9.10. The number of benzene rings is 2. The van der Waals surface area contributed by atoms with Gasteiger partial charge in [0.25, 0.3) is 5.56 Å². The molecule has 0 atom stereocenters. The van der Waals surface area contributed by atoms with E-state index in [1.807, 2.05) is 0 Å². The third-order valence-corrected chi connectivity index (χ3v) is 5.09. The van der Waals surface area contributed by atoms with E-state index < -0.39 is 34.5 Å². The van der Waals surface area contributed by atoms with E-state index in [1.165, 1.54) is 38.5 Å². The van der Waals surface area contributed by atoms with Crippen LogP contribution in [0.4, 0.5) is 17.6 Å². The van der Waals surface area contributed by atoms with Crippen LogP contribution in [0.2, 0.25) is 0 Å². The van der Waals surface area contributed by atoms with E-state index in [0.29, 0.717) is 6.07 Å². The molecule has 1 aromatic heterocycles. The van der Waals surface area contributed by atoms with Crippen molar-refractivity contribution in [2.75, 3.05) is 7.11 Å². The molecule has 9 heteroatoms. The maximum atomic E-state index is 14.7. The number of rotatable bonds is 6. The maximum absolute atomic E-state index is 14.7. The van der Waals surface area contributed by atoms with Crippen LogP contribution < -0.4 is 10.3 Å². The smallest absolute Gasteiger partial charge is 0.273 e. The summed E-state index contributed by atoms with van der Waals surface area (Å²) in [6.45, 7) is 1.19. The summed E-state index contributed by atoms with van der Waals surface area (Å²) >= 11 is 3.08. The molecule has 3 rings (SSSR count). The van der Waals surface area contributed by atoms with Gasteiger partial charge in [-0.2, -0.15) is 0 Å². The van der Waals surface area contributed by atoms with E-state index in [2.05, 4.69) is 15.9 Å². The number of aromatic nitrogens is 1. The molecule has 0 saturated heterocycles. The highest BCUT2D eigenvalue weighted by Gasteiger charge is 2.20. The summed E-state index contributed by atoms with van der Waals surface area (Å²) in [7, 11) is 1.39. The largest absolute Gasteiger partial charge is 0.504 e. The van der Waals surface area contributed by atoms with Crippen LogP contribution in [0, 0.1) is 30.2 Å². The van der Waals surface area contributed by atoms with E-state index in [1.54, 1.807) is 0 Å². The molecule has 162 valence electrons. The van der Waals surface area contributed by atoms with E-state index >= 15 is 0 Å². The quantitative estimate of drug-likeness (QED) is 0.326. The lowest BCUT2D eigenvalue weighted by Crippen LogP contribution is -2.24. The zero-order chi connectivity index (χ0) is 22.7. The minimum absolute atomic E-state index is 0.0444. The van der Waals surface area contributed by atoms with Crippen molar-refractivity contribution in [3.8, 4) is 11.4 Å². The molecule has 0 spiro atoms. The van der Waals surface area contributed by atoms with Crippen molar-refractivity contribution in [1.82, 2.24) is 4.57 Å². The molecule has 0 bridgehead atoms. The molecule has 0 radical (unpaired) electrons. The van der Waals surface area contributed by atoms with Crippen LogP contribution in [-0.4, -0.2) is 11.7 Å². The topological polar surface area (TPSA) is 40.5 Å². The van der Waals surface area contributed by atoms with Gasteiger partial charge < -0.3 is 9.47 Å². The minimum Gasteiger partial charge on any atom is -0.504 e. The van der Waals surface area contributed by atoms with Gasteiger partial charge in [0, 0.05) is 23.4 Å². The Morgan fingerprint density at radius 1 is 1.03 bits per heavy atom. The number of ether oxygens (including phenoxy) is 2. The molecular weight excluding hydrogens is 482 g/mol. The first-order chi connectivity index (χ1) is 14.7. The molecule has 2 aromatic carbocycles. The van der Waals surface area contributed by atoms with Gasteiger partial charge in [0.15, 0.2) is 11.6 Å². The Morgan fingerprint density at radius 2 is 1.71 bits per heavy atom. The van der Waals surface area contributed by atoms with Gasteiger partial charge in [-0.05, 0) is 58.8 Å². The van der Waals surface area contributed by atoms with Gasteiger partial charge in [-0.1, -0.05) is 0 Å². The normalized spacial score (nSPS) is 11.2. The first kappa shape index (κ1) is 22.6. The van der Waals surface area contributed by atoms with Crippen LogP contribution in [0.1, 0.15) is 16.8 Å². The molecule has 0 N–H and O–H groups in total. The lowest BCUT2D eigenvalue weighted by Gasteiger charge is -2.16. The number of pyridine rings is 1. The molecule has 3 aromatic rings. The van der Waals surface area contributed by atoms with Gasteiger partial charge in [0.1, 0.15) is 34.2 Å². The summed E-state index contributed by atoms with van der Waals surface area (Å²) < 4.78 is 67.2. The summed E-state index contributed by atoms with van der Waals surface area (Å²) in [6, 6.07) is 6.53. The third kappa shape index (κ3) is 4.82. The predicted molar refractivity (Wildman–Crippen MR) is 111 cm³/mol. The fraction of sp³-hybridized carbons (Fsp3) is 0.136. The number of nitrogens with zero attached hydrogens (tertiary/aromatic N) is 1. The second-order valence-electron chi connectivity index (χ2n) is 6.50. The average molecular weight is 498 g/mol. The fourth-order valence-electron chi connectivity index (χ4n) is 2.90. The van der Waals surface area contributed by atoms with Crippen molar-refractivity contribution in [2.45, 2.75) is 13.5 Å².